The summed E-state index contributed by atoms with van der Waals surface area (Å²) >= 11 is 2.00. The average Bonchev–Trinajstić information content (AvgIpc) is 2.40. The number of benzene rings is 1. The van der Waals surface area contributed by atoms with Crippen molar-refractivity contribution < 1.29 is 5.11 Å². The molecule has 0 aliphatic heterocycles. The summed E-state index contributed by atoms with van der Waals surface area (Å²) in [5.74, 6) is 9.08. The van der Waals surface area contributed by atoms with Crippen LogP contribution in [0.25, 0.3) is 0 Å². The predicted octanol–water partition coefficient (Wildman–Crippen LogP) is 3.70. The molecule has 0 saturated heterocycles. The predicted molar refractivity (Wildman–Crippen MR) is 80.6 cm³/mol. The second-order valence-corrected chi connectivity index (χ2v) is 5.53. The normalized spacial score (nSPS) is 11.7. The van der Waals surface area contributed by atoms with E-state index in [1.54, 1.807) is 0 Å². The maximum atomic E-state index is 8.65. The van der Waals surface area contributed by atoms with E-state index in [0.29, 0.717) is 6.42 Å². The third-order valence-corrected chi connectivity index (χ3v) is 4.13. The zero-order valence-corrected chi connectivity index (χ0v) is 12.1. The molecule has 0 fully saturated rings. The van der Waals surface area contributed by atoms with Crippen LogP contribution in [0.5, 0.6) is 0 Å². The molecule has 2 heteroatoms. The molecule has 1 nitrogen and oxygen atoms in total. The number of aliphatic hydroxyl groups is 1. The summed E-state index contributed by atoms with van der Waals surface area (Å²) in [6.07, 6.45) is 1.80. The van der Waals surface area contributed by atoms with E-state index in [4.69, 9.17) is 5.11 Å². The Kier molecular flexibility index (Phi) is 7.64. The number of hydrogen-bond donors (Lipinski definition) is 1. The van der Waals surface area contributed by atoms with Crippen LogP contribution in [-0.4, -0.2) is 17.5 Å². The first-order valence-corrected chi connectivity index (χ1v) is 7.68. The van der Waals surface area contributed by atoms with Crippen molar-refractivity contribution in [1.82, 2.24) is 0 Å². The molecule has 1 aromatic rings. The van der Waals surface area contributed by atoms with Crippen molar-refractivity contribution >= 4 is 11.8 Å². The second kappa shape index (κ2) is 9.08. The van der Waals surface area contributed by atoms with Crippen molar-refractivity contribution in [2.45, 2.75) is 32.4 Å². The lowest BCUT2D eigenvalue weighted by molar-refractivity contribution is 0.305. The fraction of sp³-hybridized carbons (Fsp3) is 0.500. The van der Waals surface area contributed by atoms with Crippen LogP contribution in [0.1, 0.15) is 37.8 Å². The lowest BCUT2D eigenvalue weighted by atomic mass is 10.1. The Morgan fingerprint density at radius 2 is 2.00 bits per heavy atom. The fourth-order valence-corrected chi connectivity index (χ4v) is 2.58. The van der Waals surface area contributed by atoms with Gasteiger partial charge in [-0.3, -0.25) is 0 Å². The largest absolute Gasteiger partial charge is 0.395 e. The standard InChI is InChI=1S/C16H22OS/c1-3-14(2)12-18-13-16-9-7-15(8-10-16)6-4-5-11-17/h7-10,14,17H,3,5,11-13H2,1-2H3. The summed E-state index contributed by atoms with van der Waals surface area (Å²) in [5.41, 5.74) is 2.38. The maximum absolute atomic E-state index is 8.65. The molecular weight excluding hydrogens is 240 g/mol. The molecule has 0 saturated carbocycles. The van der Waals surface area contributed by atoms with E-state index in [2.05, 4.69) is 50.0 Å². The molecule has 1 atom stereocenters. The zero-order chi connectivity index (χ0) is 13.2. The molecule has 0 radical (unpaired) electrons. The summed E-state index contributed by atoms with van der Waals surface area (Å²) < 4.78 is 0. The summed E-state index contributed by atoms with van der Waals surface area (Å²) in [7, 11) is 0. The Balaban J connectivity index is 2.39. The molecule has 1 aromatic carbocycles. The number of hydrogen-bond acceptors (Lipinski definition) is 2. The third kappa shape index (κ3) is 6.14. The molecule has 0 heterocycles. The SMILES string of the molecule is CCC(C)CSCc1ccc(C#CCCO)cc1. The minimum Gasteiger partial charge on any atom is -0.395 e. The van der Waals surface area contributed by atoms with E-state index in [1.165, 1.54) is 17.7 Å². The van der Waals surface area contributed by atoms with Gasteiger partial charge in [0.25, 0.3) is 0 Å². The first kappa shape index (κ1) is 15.1. The van der Waals surface area contributed by atoms with E-state index in [-0.39, 0.29) is 6.61 Å². The summed E-state index contributed by atoms with van der Waals surface area (Å²) in [6.45, 7) is 4.68. The summed E-state index contributed by atoms with van der Waals surface area (Å²) in [4.78, 5) is 0. The van der Waals surface area contributed by atoms with Gasteiger partial charge in [0.2, 0.25) is 0 Å². The van der Waals surface area contributed by atoms with Crippen molar-refractivity contribution in [2.75, 3.05) is 12.4 Å². The van der Waals surface area contributed by atoms with Crippen LogP contribution in [-0.2, 0) is 5.75 Å². The van der Waals surface area contributed by atoms with Crippen LogP contribution in [0.15, 0.2) is 24.3 Å². The molecular formula is C16H22OS. The van der Waals surface area contributed by atoms with Gasteiger partial charge in [0.15, 0.2) is 0 Å². The molecule has 0 amide bonds. The van der Waals surface area contributed by atoms with Crippen molar-refractivity contribution in [3.8, 4) is 11.8 Å². The van der Waals surface area contributed by atoms with Gasteiger partial charge in [-0.2, -0.15) is 11.8 Å². The average molecular weight is 262 g/mol. The molecule has 0 aliphatic carbocycles. The van der Waals surface area contributed by atoms with E-state index in [9.17, 15) is 0 Å². The smallest absolute Gasteiger partial charge is 0.0540 e. The highest BCUT2D eigenvalue weighted by molar-refractivity contribution is 7.98. The molecule has 1 rings (SSSR count). The van der Waals surface area contributed by atoms with Crippen LogP contribution >= 0.6 is 11.8 Å². The molecule has 0 aromatic heterocycles. The molecule has 1 N–H and O–H groups in total. The van der Waals surface area contributed by atoms with Crippen LogP contribution in [0.2, 0.25) is 0 Å². The van der Waals surface area contributed by atoms with E-state index in [0.717, 1.165) is 17.2 Å². The molecule has 18 heavy (non-hydrogen) atoms. The number of aliphatic hydroxyl groups excluding tert-OH is 1. The van der Waals surface area contributed by atoms with Gasteiger partial charge in [0, 0.05) is 17.7 Å². The molecule has 0 spiro atoms. The second-order valence-electron chi connectivity index (χ2n) is 4.50. The Morgan fingerprint density at radius 3 is 2.61 bits per heavy atom. The summed E-state index contributed by atoms with van der Waals surface area (Å²) in [5, 5.41) is 8.65. The fourth-order valence-electron chi connectivity index (χ4n) is 1.40. The van der Waals surface area contributed by atoms with Crippen molar-refractivity contribution in [3.63, 3.8) is 0 Å². The van der Waals surface area contributed by atoms with Crippen molar-refractivity contribution in [3.05, 3.63) is 35.4 Å². The molecule has 98 valence electrons. The zero-order valence-electron chi connectivity index (χ0n) is 11.3. The van der Waals surface area contributed by atoms with Gasteiger partial charge >= 0.3 is 0 Å². The van der Waals surface area contributed by atoms with E-state index < -0.39 is 0 Å². The molecule has 0 aliphatic rings. The Morgan fingerprint density at radius 1 is 1.28 bits per heavy atom. The lowest BCUT2D eigenvalue weighted by Crippen LogP contribution is -1.95. The van der Waals surface area contributed by atoms with E-state index >= 15 is 0 Å². The van der Waals surface area contributed by atoms with Crippen LogP contribution in [0.4, 0.5) is 0 Å². The summed E-state index contributed by atoms with van der Waals surface area (Å²) in [6, 6.07) is 8.41. The minimum absolute atomic E-state index is 0.136. The lowest BCUT2D eigenvalue weighted by Gasteiger charge is -2.07. The van der Waals surface area contributed by atoms with Crippen molar-refractivity contribution in [1.29, 1.82) is 0 Å². The number of rotatable bonds is 6. The van der Waals surface area contributed by atoms with Crippen LogP contribution in [0, 0.1) is 17.8 Å². The van der Waals surface area contributed by atoms with Gasteiger partial charge in [-0.1, -0.05) is 44.2 Å². The topological polar surface area (TPSA) is 20.2 Å². The highest BCUT2D eigenvalue weighted by atomic mass is 32.2. The van der Waals surface area contributed by atoms with Crippen LogP contribution in [0.3, 0.4) is 0 Å². The Hall–Kier alpha value is -0.910. The van der Waals surface area contributed by atoms with Crippen LogP contribution < -0.4 is 0 Å². The minimum atomic E-state index is 0.136. The molecule has 1 unspecified atom stereocenters. The Bertz CT molecular complexity index is 386. The van der Waals surface area contributed by atoms with Gasteiger partial charge in [0.1, 0.15) is 0 Å². The van der Waals surface area contributed by atoms with E-state index in [1.807, 2.05) is 11.8 Å². The quantitative estimate of drug-likeness (QED) is 0.789. The monoisotopic (exact) mass is 262 g/mol. The Labute approximate surface area is 115 Å². The van der Waals surface area contributed by atoms with Gasteiger partial charge in [-0.05, 0) is 29.4 Å². The van der Waals surface area contributed by atoms with Gasteiger partial charge in [-0.15, -0.1) is 0 Å². The highest BCUT2D eigenvalue weighted by Crippen LogP contribution is 2.17. The first-order chi connectivity index (χ1) is 8.76. The number of thioether (sulfide) groups is 1. The maximum Gasteiger partial charge on any atom is 0.0540 e. The third-order valence-electron chi connectivity index (χ3n) is 2.79. The highest BCUT2D eigenvalue weighted by Gasteiger charge is 1.99. The van der Waals surface area contributed by atoms with Gasteiger partial charge in [0.05, 0.1) is 6.61 Å². The van der Waals surface area contributed by atoms with Gasteiger partial charge < -0.3 is 5.11 Å². The molecule has 0 bridgehead atoms. The first-order valence-electron chi connectivity index (χ1n) is 6.52. The van der Waals surface area contributed by atoms with Gasteiger partial charge in [-0.25, -0.2) is 0 Å². The van der Waals surface area contributed by atoms with Crippen molar-refractivity contribution in [2.24, 2.45) is 5.92 Å².